The SMILES string of the molecule is CCCC1CCC2C(CCC3(C)C(CCCOC)C4C(C23)[C@@H]4C)C1CCC. The predicted octanol–water partition coefficient (Wildman–Crippen LogP) is 7.20. The number of hydrogen-bond donors (Lipinski definition) is 0. The highest BCUT2D eigenvalue weighted by Gasteiger charge is 2.71. The lowest BCUT2D eigenvalue weighted by Gasteiger charge is -2.56. The van der Waals surface area contributed by atoms with Gasteiger partial charge in [-0.1, -0.05) is 53.4 Å². The molecule has 0 N–H and O–H groups in total. The van der Waals surface area contributed by atoms with E-state index in [4.69, 9.17) is 4.74 Å². The monoisotopic (exact) mass is 374 g/mol. The smallest absolute Gasteiger partial charge is 0.0462 e. The van der Waals surface area contributed by atoms with E-state index in [-0.39, 0.29) is 0 Å². The molecule has 0 aromatic rings. The Kier molecular flexibility index (Phi) is 6.00. The Morgan fingerprint density at radius 1 is 0.926 bits per heavy atom. The van der Waals surface area contributed by atoms with Crippen LogP contribution in [-0.4, -0.2) is 13.7 Å². The van der Waals surface area contributed by atoms with Crippen molar-refractivity contribution in [3.63, 3.8) is 0 Å². The second kappa shape index (κ2) is 8.00. The van der Waals surface area contributed by atoms with Crippen LogP contribution in [0.3, 0.4) is 0 Å². The molecule has 0 heterocycles. The first-order valence-corrected chi connectivity index (χ1v) is 12.6. The van der Waals surface area contributed by atoms with Gasteiger partial charge in [0, 0.05) is 13.7 Å². The topological polar surface area (TPSA) is 9.23 Å². The molecule has 156 valence electrons. The van der Waals surface area contributed by atoms with E-state index in [2.05, 4.69) is 27.7 Å². The normalized spacial score (nSPS) is 50.8. The first kappa shape index (κ1) is 20.2. The zero-order chi connectivity index (χ0) is 19.2. The van der Waals surface area contributed by atoms with Gasteiger partial charge in [-0.3, -0.25) is 0 Å². The molecule has 4 rings (SSSR count). The van der Waals surface area contributed by atoms with Crippen molar-refractivity contribution < 1.29 is 4.74 Å². The molecule has 0 aromatic heterocycles. The quantitative estimate of drug-likeness (QED) is 0.408. The summed E-state index contributed by atoms with van der Waals surface area (Å²) in [5, 5.41) is 0. The van der Waals surface area contributed by atoms with Crippen LogP contribution in [0.25, 0.3) is 0 Å². The Hall–Kier alpha value is -0.0400. The fourth-order valence-electron chi connectivity index (χ4n) is 9.32. The summed E-state index contributed by atoms with van der Waals surface area (Å²) in [6, 6.07) is 0. The van der Waals surface area contributed by atoms with Crippen LogP contribution in [0.1, 0.15) is 91.9 Å². The van der Waals surface area contributed by atoms with Crippen molar-refractivity contribution in [2.75, 3.05) is 13.7 Å². The van der Waals surface area contributed by atoms with Crippen LogP contribution in [0.15, 0.2) is 0 Å². The molecule has 0 aromatic carbocycles. The van der Waals surface area contributed by atoms with Gasteiger partial charge in [0.2, 0.25) is 0 Å². The van der Waals surface area contributed by atoms with Gasteiger partial charge in [0.05, 0.1) is 0 Å². The van der Waals surface area contributed by atoms with E-state index < -0.39 is 0 Å². The minimum atomic E-state index is 0.658. The largest absolute Gasteiger partial charge is 0.385 e. The molecule has 4 aliphatic carbocycles. The summed E-state index contributed by atoms with van der Waals surface area (Å²) < 4.78 is 5.41. The molecule has 1 heteroatoms. The number of hydrogen-bond acceptors (Lipinski definition) is 1. The zero-order valence-electron chi connectivity index (χ0n) is 18.9. The fraction of sp³-hybridized carbons (Fsp3) is 1.00. The van der Waals surface area contributed by atoms with Gasteiger partial charge in [-0.15, -0.1) is 0 Å². The molecule has 0 spiro atoms. The molecule has 1 nitrogen and oxygen atoms in total. The van der Waals surface area contributed by atoms with Crippen molar-refractivity contribution in [3.05, 3.63) is 0 Å². The predicted molar refractivity (Wildman–Crippen MR) is 115 cm³/mol. The van der Waals surface area contributed by atoms with E-state index in [1.807, 2.05) is 7.11 Å². The lowest BCUT2D eigenvalue weighted by molar-refractivity contribution is -0.0757. The third kappa shape index (κ3) is 3.23. The van der Waals surface area contributed by atoms with Gasteiger partial charge in [0.1, 0.15) is 0 Å². The van der Waals surface area contributed by atoms with Crippen molar-refractivity contribution >= 4 is 0 Å². The zero-order valence-corrected chi connectivity index (χ0v) is 18.9. The maximum Gasteiger partial charge on any atom is 0.0462 e. The Bertz CT molecular complexity index is 500. The van der Waals surface area contributed by atoms with Gasteiger partial charge in [0.25, 0.3) is 0 Å². The Labute approximate surface area is 169 Å². The van der Waals surface area contributed by atoms with E-state index in [0.717, 1.165) is 59.9 Å². The number of methoxy groups -OCH3 is 1. The Balaban J connectivity index is 1.54. The van der Waals surface area contributed by atoms with E-state index in [1.54, 1.807) is 19.3 Å². The Morgan fingerprint density at radius 3 is 2.41 bits per heavy atom. The number of fused-ring (bicyclic) bond motifs is 5. The molecule has 0 saturated heterocycles. The van der Waals surface area contributed by atoms with Crippen LogP contribution in [-0.2, 0) is 4.74 Å². The summed E-state index contributed by atoms with van der Waals surface area (Å²) in [6.07, 6.45) is 14.7. The molecule has 0 radical (unpaired) electrons. The van der Waals surface area contributed by atoms with E-state index >= 15 is 0 Å². The maximum atomic E-state index is 5.41. The average molecular weight is 375 g/mol. The molecule has 9 unspecified atom stereocenters. The minimum Gasteiger partial charge on any atom is -0.385 e. The molecule has 10 atom stereocenters. The lowest BCUT2D eigenvalue weighted by atomic mass is 9.49. The van der Waals surface area contributed by atoms with Crippen molar-refractivity contribution in [1.82, 2.24) is 0 Å². The maximum absolute atomic E-state index is 5.41. The van der Waals surface area contributed by atoms with Crippen molar-refractivity contribution in [1.29, 1.82) is 0 Å². The summed E-state index contributed by atoms with van der Waals surface area (Å²) in [4.78, 5) is 0. The molecule has 0 aliphatic heterocycles. The summed E-state index contributed by atoms with van der Waals surface area (Å²) in [5.41, 5.74) is 0.658. The summed E-state index contributed by atoms with van der Waals surface area (Å²) in [6.45, 7) is 11.1. The first-order valence-electron chi connectivity index (χ1n) is 12.6. The van der Waals surface area contributed by atoms with Gasteiger partial charge < -0.3 is 4.74 Å². The van der Waals surface area contributed by atoms with Crippen molar-refractivity contribution in [2.45, 2.75) is 91.9 Å². The number of ether oxygens (including phenoxy) is 1. The highest BCUT2D eigenvalue weighted by molar-refractivity contribution is 5.19. The second-order valence-electron chi connectivity index (χ2n) is 11.2. The van der Waals surface area contributed by atoms with Crippen LogP contribution in [0, 0.1) is 58.7 Å². The molecule has 4 fully saturated rings. The molecule has 4 saturated carbocycles. The molecule has 0 amide bonds. The van der Waals surface area contributed by atoms with Crippen LogP contribution < -0.4 is 0 Å². The van der Waals surface area contributed by atoms with Crippen LogP contribution in [0.5, 0.6) is 0 Å². The van der Waals surface area contributed by atoms with Gasteiger partial charge >= 0.3 is 0 Å². The van der Waals surface area contributed by atoms with Gasteiger partial charge in [-0.25, -0.2) is 0 Å². The lowest BCUT2D eigenvalue weighted by Crippen LogP contribution is -2.49. The third-order valence-corrected chi connectivity index (χ3v) is 10.2. The molecule has 4 aliphatic rings. The van der Waals surface area contributed by atoms with Gasteiger partial charge in [-0.05, 0) is 97.2 Å². The van der Waals surface area contributed by atoms with Crippen molar-refractivity contribution in [3.8, 4) is 0 Å². The summed E-state index contributed by atoms with van der Waals surface area (Å²) in [7, 11) is 1.87. The summed E-state index contributed by atoms with van der Waals surface area (Å²) >= 11 is 0. The van der Waals surface area contributed by atoms with Crippen LogP contribution >= 0.6 is 0 Å². The standard InChI is InChI=1S/C26H46O/c1-6-9-18-12-13-21-20(19(18)10-7-2)14-15-26(4)22(11-8-16-27-5)23-17(3)24(23)25(21)26/h17-25H,6-16H2,1-5H3/t17-,18?,19?,20?,21?,22?,23?,24?,25?,26?/m1/s1. The van der Waals surface area contributed by atoms with E-state index in [0.29, 0.717) is 5.41 Å². The van der Waals surface area contributed by atoms with E-state index in [1.165, 1.54) is 44.9 Å². The first-order chi connectivity index (χ1) is 13.1. The highest BCUT2D eigenvalue weighted by atomic mass is 16.5. The second-order valence-corrected chi connectivity index (χ2v) is 11.2. The molecule has 27 heavy (non-hydrogen) atoms. The average Bonchev–Trinajstić information content (AvgIpc) is 3.20. The summed E-state index contributed by atoms with van der Waals surface area (Å²) in [5.74, 6) is 9.46. The van der Waals surface area contributed by atoms with E-state index in [9.17, 15) is 0 Å². The third-order valence-electron chi connectivity index (χ3n) is 10.2. The van der Waals surface area contributed by atoms with Crippen LogP contribution in [0.2, 0.25) is 0 Å². The van der Waals surface area contributed by atoms with Gasteiger partial charge in [-0.2, -0.15) is 0 Å². The minimum absolute atomic E-state index is 0.658. The highest BCUT2D eigenvalue weighted by Crippen LogP contribution is 2.77. The van der Waals surface area contributed by atoms with Gasteiger partial charge in [0.15, 0.2) is 0 Å². The van der Waals surface area contributed by atoms with Crippen molar-refractivity contribution in [2.24, 2.45) is 58.7 Å². The molecule has 0 bridgehead atoms. The fourth-order valence-corrected chi connectivity index (χ4v) is 9.32. The molecular weight excluding hydrogens is 328 g/mol. The van der Waals surface area contributed by atoms with Crippen LogP contribution in [0.4, 0.5) is 0 Å². The Morgan fingerprint density at radius 2 is 1.70 bits per heavy atom. The molecular formula is C26H46O. The number of rotatable bonds is 8.